The second kappa shape index (κ2) is 9.78. The van der Waals surface area contributed by atoms with E-state index in [0.717, 1.165) is 5.56 Å². The number of carbonyl (C=O) groups excluding carboxylic acids is 2. The van der Waals surface area contributed by atoms with Gasteiger partial charge in [-0.2, -0.15) is 5.26 Å². The van der Waals surface area contributed by atoms with Crippen LogP contribution in [0.5, 0.6) is 11.5 Å². The van der Waals surface area contributed by atoms with Crippen molar-refractivity contribution in [1.29, 1.82) is 5.26 Å². The number of ether oxygens (including phenoxy) is 3. The Morgan fingerprint density at radius 1 is 1.07 bits per heavy atom. The molecule has 2 rings (SSSR count). The molecule has 0 fully saturated rings. The van der Waals surface area contributed by atoms with E-state index < -0.39 is 18.0 Å². The third kappa shape index (κ3) is 5.61. The van der Waals surface area contributed by atoms with Crippen molar-refractivity contribution < 1.29 is 23.8 Å². The molecular weight excluding hydrogens is 360 g/mol. The number of methoxy groups -OCH3 is 2. The van der Waals surface area contributed by atoms with Crippen LogP contribution in [0.1, 0.15) is 18.1 Å². The van der Waals surface area contributed by atoms with Crippen LogP contribution < -0.4 is 14.8 Å². The van der Waals surface area contributed by atoms with Crippen LogP contribution in [0.2, 0.25) is 0 Å². The molecule has 2 aromatic rings. The lowest BCUT2D eigenvalue weighted by Crippen LogP contribution is -2.29. The number of rotatable bonds is 7. The fraction of sp³-hybridized carbons (Fsp3) is 0.190. The van der Waals surface area contributed by atoms with E-state index in [9.17, 15) is 9.59 Å². The summed E-state index contributed by atoms with van der Waals surface area (Å²) in [6, 6.07) is 13.6. The third-order valence-electron chi connectivity index (χ3n) is 3.76. The minimum atomic E-state index is -0.994. The Labute approximate surface area is 163 Å². The lowest BCUT2D eigenvalue weighted by atomic mass is 10.1. The average molecular weight is 380 g/mol. The van der Waals surface area contributed by atoms with Crippen LogP contribution in [0, 0.1) is 11.3 Å². The predicted molar refractivity (Wildman–Crippen MR) is 104 cm³/mol. The van der Waals surface area contributed by atoms with Crippen LogP contribution in [-0.4, -0.2) is 32.2 Å². The molecule has 0 bridgehead atoms. The number of nitriles is 1. The summed E-state index contributed by atoms with van der Waals surface area (Å²) in [7, 11) is 3.01. The van der Waals surface area contributed by atoms with Gasteiger partial charge in [0.05, 0.1) is 25.9 Å². The van der Waals surface area contributed by atoms with Gasteiger partial charge in [0.2, 0.25) is 0 Å². The van der Waals surface area contributed by atoms with Crippen molar-refractivity contribution in [2.75, 3.05) is 19.5 Å². The molecule has 0 aliphatic carbocycles. The number of nitrogens with one attached hydrogen (secondary N) is 1. The maximum atomic E-state index is 12.2. The fourth-order valence-corrected chi connectivity index (χ4v) is 2.26. The number of nitrogens with zero attached hydrogens (tertiary/aromatic N) is 1. The highest BCUT2D eigenvalue weighted by atomic mass is 16.5. The standard InChI is InChI=1S/C21H20N2O5/c1-14(21(25)23-17-9-10-18(26-2)19(12-17)27-3)28-20(24)11-8-15-4-6-16(13-22)7-5-15/h4-12,14H,1-3H3,(H,23,25)/b11-8+/t14-/m1/s1. The Hall–Kier alpha value is -3.79. The molecule has 2 aromatic carbocycles. The van der Waals surface area contributed by atoms with Crippen molar-refractivity contribution >= 4 is 23.6 Å². The summed E-state index contributed by atoms with van der Waals surface area (Å²) in [4.78, 5) is 24.1. The van der Waals surface area contributed by atoms with Crippen LogP contribution in [0.15, 0.2) is 48.5 Å². The molecule has 7 heteroatoms. The largest absolute Gasteiger partial charge is 0.493 e. The molecule has 0 unspecified atom stereocenters. The molecule has 0 radical (unpaired) electrons. The van der Waals surface area contributed by atoms with Gasteiger partial charge in [0.1, 0.15) is 0 Å². The van der Waals surface area contributed by atoms with Crippen molar-refractivity contribution in [3.8, 4) is 17.6 Å². The number of anilines is 1. The third-order valence-corrected chi connectivity index (χ3v) is 3.76. The number of hydrogen-bond donors (Lipinski definition) is 1. The Kier molecular flexibility index (Phi) is 7.17. The van der Waals surface area contributed by atoms with Gasteiger partial charge in [-0.15, -0.1) is 0 Å². The number of esters is 1. The van der Waals surface area contributed by atoms with Crippen LogP contribution in [0.4, 0.5) is 5.69 Å². The van der Waals surface area contributed by atoms with Gasteiger partial charge in [-0.3, -0.25) is 4.79 Å². The molecule has 28 heavy (non-hydrogen) atoms. The minimum absolute atomic E-state index is 0.468. The van der Waals surface area contributed by atoms with Crippen LogP contribution >= 0.6 is 0 Å². The van der Waals surface area contributed by atoms with E-state index in [0.29, 0.717) is 22.7 Å². The maximum absolute atomic E-state index is 12.2. The normalized spacial score (nSPS) is 11.4. The molecule has 7 nitrogen and oxygen atoms in total. The maximum Gasteiger partial charge on any atom is 0.331 e. The molecule has 0 aliphatic rings. The summed E-state index contributed by atoms with van der Waals surface area (Å²) in [5.74, 6) is -0.130. The Balaban J connectivity index is 1.93. The molecular formula is C21H20N2O5. The number of amides is 1. The first-order chi connectivity index (χ1) is 13.5. The van der Waals surface area contributed by atoms with Crippen molar-refractivity contribution in [3.05, 3.63) is 59.7 Å². The van der Waals surface area contributed by atoms with Crippen LogP contribution in [-0.2, 0) is 14.3 Å². The number of hydrogen-bond acceptors (Lipinski definition) is 6. The molecule has 1 N–H and O–H groups in total. The van der Waals surface area contributed by atoms with Crippen molar-refractivity contribution in [2.45, 2.75) is 13.0 Å². The van der Waals surface area contributed by atoms with E-state index >= 15 is 0 Å². The minimum Gasteiger partial charge on any atom is -0.493 e. The lowest BCUT2D eigenvalue weighted by molar-refractivity contribution is -0.148. The first-order valence-corrected chi connectivity index (χ1v) is 8.38. The summed E-state index contributed by atoms with van der Waals surface area (Å²) >= 11 is 0. The number of benzene rings is 2. The van der Waals surface area contributed by atoms with Gasteiger partial charge in [0.25, 0.3) is 5.91 Å². The van der Waals surface area contributed by atoms with Gasteiger partial charge in [-0.25, -0.2) is 4.79 Å². The van der Waals surface area contributed by atoms with Crippen LogP contribution in [0.3, 0.4) is 0 Å². The first kappa shape index (κ1) is 20.5. The highest BCUT2D eigenvalue weighted by molar-refractivity contribution is 5.96. The van der Waals surface area contributed by atoms with Crippen molar-refractivity contribution in [2.24, 2.45) is 0 Å². The van der Waals surface area contributed by atoms with Crippen molar-refractivity contribution in [3.63, 3.8) is 0 Å². The Bertz CT molecular complexity index is 913. The fourth-order valence-electron chi connectivity index (χ4n) is 2.26. The Morgan fingerprint density at radius 3 is 2.36 bits per heavy atom. The quantitative estimate of drug-likeness (QED) is 0.585. The second-order valence-electron chi connectivity index (χ2n) is 5.71. The van der Waals surface area contributed by atoms with Gasteiger partial charge >= 0.3 is 5.97 Å². The zero-order valence-electron chi connectivity index (χ0n) is 15.8. The molecule has 1 atom stereocenters. The smallest absolute Gasteiger partial charge is 0.331 e. The van der Waals surface area contributed by atoms with E-state index in [4.69, 9.17) is 19.5 Å². The van der Waals surface area contributed by atoms with E-state index in [-0.39, 0.29) is 0 Å². The number of carbonyl (C=O) groups is 2. The van der Waals surface area contributed by atoms with Gasteiger partial charge in [-0.05, 0) is 42.8 Å². The second-order valence-corrected chi connectivity index (χ2v) is 5.71. The molecule has 0 saturated heterocycles. The van der Waals surface area contributed by atoms with Crippen LogP contribution in [0.25, 0.3) is 6.08 Å². The van der Waals surface area contributed by atoms with E-state index in [2.05, 4.69) is 5.32 Å². The molecule has 0 spiro atoms. The van der Waals surface area contributed by atoms with Gasteiger partial charge in [0, 0.05) is 17.8 Å². The molecule has 144 valence electrons. The molecule has 1 amide bonds. The summed E-state index contributed by atoms with van der Waals surface area (Å²) in [5.41, 5.74) is 1.75. The van der Waals surface area contributed by atoms with Gasteiger partial charge < -0.3 is 19.5 Å². The molecule has 0 aromatic heterocycles. The summed E-state index contributed by atoms with van der Waals surface area (Å²) in [5, 5.41) is 11.4. The lowest BCUT2D eigenvalue weighted by Gasteiger charge is -2.14. The monoisotopic (exact) mass is 380 g/mol. The SMILES string of the molecule is COc1ccc(NC(=O)[C@@H](C)OC(=O)/C=C/c2ccc(C#N)cc2)cc1OC. The highest BCUT2D eigenvalue weighted by Crippen LogP contribution is 2.29. The first-order valence-electron chi connectivity index (χ1n) is 8.38. The van der Waals surface area contributed by atoms with Crippen molar-refractivity contribution in [1.82, 2.24) is 0 Å². The van der Waals surface area contributed by atoms with Gasteiger partial charge in [0.15, 0.2) is 17.6 Å². The Morgan fingerprint density at radius 2 is 1.75 bits per heavy atom. The van der Waals surface area contributed by atoms with Gasteiger partial charge in [-0.1, -0.05) is 12.1 Å². The summed E-state index contributed by atoms with van der Waals surface area (Å²) in [6.45, 7) is 1.48. The zero-order valence-corrected chi connectivity index (χ0v) is 15.8. The van der Waals surface area contributed by atoms with E-state index in [1.54, 1.807) is 48.5 Å². The predicted octanol–water partition coefficient (Wildman–Crippen LogP) is 3.16. The molecule has 0 saturated carbocycles. The summed E-state index contributed by atoms with van der Waals surface area (Å²) < 4.78 is 15.4. The highest BCUT2D eigenvalue weighted by Gasteiger charge is 2.17. The zero-order chi connectivity index (χ0) is 20.5. The topological polar surface area (TPSA) is 97.6 Å². The molecule has 0 aliphatic heterocycles. The molecule has 0 heterocycles. The van der Waals surface area contributed by atoms with E-state index in [1.807, 2.05) is 6.07 Å². The van der Waals surface area contributed by atoms with E-state index in [1.165, 1.54) is 27.2 Å². The average Bonchev–Trinajstić information content (AvgIpc) is 2.72. The summed E-state index contributed by atoms with van der Waals surface area (Å²) in [6.07, 6.45) is 1.77.